The zero-order valence-electron chi connectivity index (χ0n) is 16.7. The van der Waals surface area contributed by atoms with Crippen molar-refractivity contribution in [2.75, 3.05) is 0 Å². The Morgan fingerprint density at radius 2 is 1.81 bits per heavy atom. The van der Waals surface area contributed by atoms with Gasteiger partial charge in [0.25, 0.3) is 0 Å². The first-order valence-electron chi connectivity index (χ1n) is 10.4. The zero-order chi connectivity index (χ0) is 19.2. The van der Waals surface area contributed by atoms with E-state index in [4.69, 9.17) is 9.98 Å². The second kappa shape index (κ2) is 5.30. The van der Waals surface area contributed by atoms with Crippen LogP contribution in [0.1, 0.15) is 66.2 Å². The summed E-state index contributed by atoms with van der Waals surface area (Å²) in [5.74, 6) is -0.793. The molecule has 2 fully saturated rings. The normalized spacial score (nSPS) is 42.1. The third-order valence-corrected chi connectivity index (χ3v) is 7.19. The highest BCUT2D eigenvalue weighted by Gasteiger charge is 2.58. The molecule has 0 N–H and O–H groups in total. The zero-order valence-corrected chi connectivity index (χ0v) is 16.7. The topological polar surface area (TPSA) is 28.0 Å². The van der Waals surface area contributed by atoms with Crippen LogP contribution < -0.4 is 0 Å². The monoisotopic (exact) mass is 373 g/mol. The molecule has 27 heavy (non-hydrogen) atoms. The third-order valence-electron chi connectivity index (χ3n) is 7.19. The number of allylic oxidation sites excluding steroid dienone is 1. The number of alkyl halides is 2. The predicted octanol–water partition coefficient (Wildman–Crippen LogP) is 4.94. The van der Waals surface area contributed by atoms with Crippen molar-refractivity contribution in [3.05, 3.63) is 23.3 Å². The van der Waals surface area contributed by atoms with Gasteiger partial charge in [-0.2, -0.15) is 0 Å². The van der Waals surface area contributed by atoms with Gasteiger partial charge in [0.15, 0.2) is 0 Å². The molecule has 2 bridgehead atoms. The van der Waals surface area contributed by atoms with E-state index in [-0.39, 0.29) is 12.0 Å². The smallest absolute Gasteiger partial charge is 0.245 e. The average molecular weight is 373 g/mol. The number of halogens is 2. The van der Waals surface area contributed by atoms with Crippen molar-refractivity contribution in [2.45, 2.75) is 95.3 Å². The quantitative estimate of drug-likeness (QED) is 0.689. The van der Waals surface area contributed by atoms with Crippen LogP contribution >= 0.6 is 0 Å². The molecule has 5 rings (SSSR count). The lowest BCUT2D eigenvalue weighted by Crippen LogP contribution is -2.56. The van der Waals surface area contributed by atoms with E-state index in [1.807, 2.05) is 0 Å². The number of rotatable bonds is 3. The number of aliphatic imine (C=N–C) groups is 2. The summed E-state index contributed by atoms with van der Waals surface area (Å²) < 4.78 is 26.8. The fourth-order valence-electron chi connectivity index (χ4n) is 5.79. The van der Waals surface area contributed by atoms with Gasteiger partial charge in [-0.25, -0.2) is 8.78 Å². The Kier molecular flexibility index (Phi) is 3.45. The molecular weight excluding hydrogens is 344 g/mol. The highest BCUT2D eigenvalue weighted by Crippen LogP contribution is 2.55. The molecular formula is C22H29F2N3. The summed E-state index contributed by atoms with van der Waals surface area (Å²) in [5.41, 5.74) is 2.54. The summed E-state index contributed by atoms with van der Waals surface area (Å²) in [4.78, 5) is 12.8. The van der Waals surface area contributed by atoms with Crippen molar-refractivity contribution in [1.82, 2.24) is 4.90 Å². The van der Waals surface area contributed by atoms with Crippen molar-refractivity contribution in [1.29, 1.82) is 0 Å². The Hall–Kier alpha value is -1.52. The van der Waals surface area contributed by atoms with Gasteiger partial charge in [0, 0.05) is 24.2 Å². The van der Waals surface area contributed by atoms with Crippen molar-refractivity contribution >= 4 is 11.5 Å². The summed E-state index contributed by atoms with van der Waals surface area (Å²) in [7, 11) is 0. The Morgan fingerprint density at radius 1 is 1.15 bits per heavy atom. The molecule has 5 heteroatoms. The molecule has 0 aromatic rings. The molecule has 0 spiro atoms. The molecule has 4 atom stereocenters. The van der Waals surface area contributed by atoms with Crippen LogP contribution in [0.3, 0.4) is 0 Å². The van der Waals surface area contributed by atoms with E-state index in [2.05, 4.69) is 37.8 Å². The maximum Gasteiger partial charge on any atom is 0.245 e. The fourth-order valence-corrected chi connectivity index (χ4v) is 5.79. The van der Waals surface area contributed by atoms with Gasteiger partial charge in [-0.3, -0.25) is 9.98 Å². The predicted molar refractivity (Wildman–Crippen MR) is 105 cm³/mol. The van der Waals surface area contributed by atoms with Crippen molar-refractivity contribution in [2.24, 2.45) is 15.9 Å². The number of piperidine rings is 1. The lowest BCUT2D eigenvalue weighted by Gasteiger charge is -2.46. The van der Waals surface area contributed by atoms with E-state index >= 15 is 0 Å². The van der Waals surface area contributed by atoms with Crippen LogP contribution in [-0.4, -0.2) is 45.5 Å². The average Bonchev–Trinajstić information content (AvgIpc) is 2.99. The van der Waals surface area contributed by atoms with E-state index in [9.17, 15) is 8.78 Å². The van der Waals surface area contributed by atoms with Gasteiger partial charge in [0.2, 0.25) is 5.92 Å². The Balaban J connectivity index is 1.51. The minimum absolute atomic E-state index is 0.152. The number of nitrogens with zero attached hydrogens (tertiary/aromatic N) is 3. The Labute approximate surface area is 160 Å². The fraction of sp³-hybridized carbons (Fsp3) is 0.727. The van der Waals surface area contributed by atoms with Gasteiger partial charge >= 0.3 is 0 Å². The van der Waals surface area contributed by atoms with Gasteiger partial charge in [0.05, 0.1) is 0 Å². The van der Waals surface area contributed by atoms with E-state index < -0.39 is 11.5 Å². The highest BCUT2D eigenvalue weighted by molar-refractivity contribution is 6.10. The second-order valence-electron chi connectivity index (χ2n) is 9.81. The first kappa shape index (κ1) is 17.6. The van der Waals surface area contributed by atoms with Crippen LogP contribution in [0.4, 0.5) is 8.78 Å². The first-order valence-corrected chi connectivity index (χ1v) is 10.4. The molecule has 3 unspecified atom stereocenters. The third kappa shape index (κ3) is 2.64. The van der Waals surface area contributed by atoms with Gasteiger partial charge in [-0.1, -0.05) is 6.92 Å². The van der Waals surface area contributed by atoms with Crippen LogP contribution in [0.15, 0.2) is 33.3 Å². The van der Waals surface area contributed by atoms with Crippen LogP contribution in [0, 0.1) is 5.92 Å². The Bertz CT molecular complexity index is 804. The molecule has 3 nitrogen and oxygen atoms in total. The maximum absolute atomic E-state index is 13.4. The second-order valence-corrected chi connectivity index (χ2v) is 9.81. The minimum Gasteiger partial charge on any atom is -0.352 e. The van der Waals surface area contributed by atoms with Crippen molar-refractivity contribution in [3.63, 3.8) is 0 Å². The van der Waals surface area contributed by atoms with Gasteiger partial charge in [0.1, 0.15) is 16.9 Å². The number of amidine groups is 1. The largest absolute Gasteiger partial charge is 0.352 e. The summed E-state index contributed by atoms with van der Waals surface area (Å²) >= 11 is 0. The molecule has 0 aromatic carbocycles. The van der Waals surface area contributed by atoms with Crippen LogP contribution in [-0.2, 0) is 0 Å². The molecule has 4 aliphatic heterocycles. The van der Waals surface area contributed by atoms with Gasteiger partial charge in [-0.15, -0.1) is 0 Å². The molecule has 0 amide bonds. The number of hydrogen-bond acceptors (Lipinski definition) is 3. The summed E-state index contributed by atoms with van der Waals surface area (Å²) in [6.07, 6.45) is 9.38. The van der Waals surface area contributed by atoms with E-state index in [0.29, 0.717) is 18.5 Å². The van der Waals surface area contributed by atoms with E-state index in [0.717, 1.165) is 24.4 Å². The molecule has 0 aromatic heterocycles. The molecule has 1 aliphatic carbocycles. The SMILES string of the molecule is CC1CC2CCC(C1)N2C1=NC2(C)C=C2C2=CC(CCC(C)(F)F)=N[C@]21C. The van der Waals surface area contributed by atoms with Gasteiger partial charge in [-0.05, 0) is 82.1 Å². The highest BCUT2D eigenvalue weighted by atomic mass is 19.3. The Morgan fingerprint density at radius 3 is 2.44 bits per heavy atom. The lowest BCUT2D eigenvalue weighted by molar-refractivity contribution is 0.0151. The number of fused-ring (bicyclic) bond motifs is 5. The summed E-state index contributed by atoms with van der Waals surface area (Å²) in [6.45, 7) is 7.65. The molecule has 0 saturated carbocycles. The van der Waals surface area contributed by atoms with E-state index in [1.54, 1.807) is 0 Å². The van der Waals surface area contributed by atoms with Crippen LogP contribution in [0.25, 0.3) is 0 Å². The van der Waals surface area contributed by atoms with Gasteiger partial charge < -0.3 is 4.90 Å². The van der Waals surface area contributed by atoms with Crippen LogP contribution in [0.2, 0.25) is 0 Å². The molecule has 5 aliphatic rings. The lowest BCUT2D eigenvalue weighted by atomic mass is 9.82. The molecule has 0 radical (unpaired) electrons. The minimum atomic E-state index is -2.65. The molecule has 146 valence electrons. The molecule has 4 heterocycles. The van der Waals surface area contributed by atoms with E-state index in [1.165, 1.54) is 36.8 Å². The number of hydrogen-bond donors (Lipinski definition) is 0. The maximum atomic E-state index is 13.4. The van der Waals surface area contributed by atoms with Crippen LogP contribution in [0.5, 0.6) is 0 Å². The standard InChI is InChI=1S/C22H29F2N3/c1-13-9-15-5-6-16(10-13)27(15)19-22(4)17(18-12-20(18,2)26-19)11-14(25-22)7-8-21(3,23)24/h11-13,15-16H,5-10H2,1-4H3/t13?,15?,16?,20?,22-/m1/s1. The van der Waals surface area contributed by atoms with Crippen molar-refractivity contribution in [3.8, 4) is 0 Å². The first-order chi connectivity index (χ1) is 12.6. The summed E-state index contributed by atoms with van der Waals surface area (Å²) in [5, 5.41) is 0. The summed E-state index contributed by atoms with van der Waals surface area (Å²) in [6, 6.07) is 1.11. The molecule has 2 saturated heterocycles. The van der Waals surface area contributed by atoms with Crippen molar-refractivity contribution < 1.29 is 8.78 Å².